The van der Waals surface area contributed by atoms with Crippen molar-refractivity contribution >= 4 is 16.7 Å². The standard InChI is InChI=1S/C20H22N2O2/c1-22(2)12-11-18(23)16-13-21-17-9-6-10-19(20(16)17)24-14-15-7-4-3-5-8-15/h3-10,13,21H,11-12,14H2,1-2H3. The van der Waals surface area contributed by atoms with Gasteiger partial charge in [0.05, 0.1) is 5.39 Å². The van der Waals surface area contributed by atoms with E-state index in [-0.39, 0.29) is 5.78 Å². The Kier molecular flexibility index (Phi) is 4.96. The van der Waals surface area contributed by atoms with Gasteiger partial charge in [0, 0.05) is 30.2 Å². The SMILES string of the molecule is CN(C)CCC(=O)c1c[nH]c2cccc(OCc3ccccc3)c12. The van der Waals surface area contributed by atoms with E-state index in [1.807, 2.05) is 67.5 Å². The lowest BCUT2D eigenvalue weighted by Crippen LogP contribution is -2.16. The van der Waals surface area contributed by atoms with Crippen LogP contribution in [0.25, 0.3) is 10.9 Å². The van der Waals surface area contributed by atoms with Crippen molar-refractivity contribution in [2.24, 2.45) is 0 Å². The number of benzene rings is 2. The number of aromatic amines is 1. The summed E-state index contributed by atoms with van der Waals surface area (Å²) in [5, 5.41) is 0.872. The molecule has 0 spiro atoms. The van der Waals surface area contributed by atoms with Crippen LogP contribution in [0.4, 0.5) is 0 Å². The van der Waals surface area contributed by atoms with Crippen LogP contribution in [-0.4, -0.2) is 36.3 Å². The number of Topliss-reactive ketones (excluding diaryl/α,β-unsaturated/α-hetero) is 1. The number of hydrogen-bond donors (Lipinski definition) is 1. The molecule has 1 aromatic heterocycles. The van der Waals surface area contributed by atoms with Crippen molar-refractivity contribution in [3.63, 3.8) is 0 Å². The van der Waals surface area contributed by atoms with Gasteiger partial charge in [-0.3, -0.25) is 4.79 Å². The highest BCUT2D eigenvalue weighted by molar-refractivity contribution is 6.10. The summed E-state index contributed by atoms with van der Waals surface area (Å²) in [5.74, 6) is 0.872. The zero-order valence-corrected chi connectivity index (χ0v) is 14.1. The number of nitrogens with zero attached hydrogens (tertiary/aromatic N) is 1. The molecule has 4 nitrogen and oxygen atoms in total. The number of ether oxygens (including phenoxy) is 1. The molecule has 0 aliphatic rings. The molecule has 0 radical (unpaired) electrons. The molecule has 24 heavy (non-hydrogen) atoms. The molecule has 0 atom stereocenters. The molecule has 1 N–H and O–H groups in total. The number of ketones is 1. The Morgan fingerprint density at radius 3 is 2.62 bits per heavy atom. The Labute approximate surface area is 142 Å². The highest BCUT2D eigenvalue weighted by Gasteiger charge is 2.16. The molecule has 0 aliphatic heterocycles. The van der Waals surface area contributed by atoms with Crippen LogP contribution in [0, 0.1) is 0 Å². The van der Waals surface area contributed by atoms with E-state index in [1.165, 1.54) is 0 Å². The van der Waals surface area contributed by atoms with Crippen molar-refractivity contribution in [1.82, 2.24) is 9.88 Å². The molecular weight excluding hydrogens is 300 g/mol. The Morgan fingerprint density at radius 2 is 1.88 bits per heavy atom. The van der Waals surface area contributed by atoms with Gasteiger partial charge in [0.25, 0.3) is 0 Å². The van der Waals surface area contributed by atoms with Crippen LogP contribution >= 0.6 is 0 Å². The summed E-state index contributed by atoms with van der Waals surface area (Å²) in [7, 11) is 3.94. The fourth-order valence-electron chi connectivity index (χ4n) is 2.69. The summed E-state index contributed by atoms with van der Waals surface area (Å²) < 4.78 is 6.00. The molecule has 2 aromatic carbocycles. The predicted octanol–water partition coefficient (Wildman–Crippen LogP) is 3.88. The van der Waals surface area contributed by atoms with Gasteiger partial charge in [-0.25, -0.2) is 0 Å². The maximum absolute atomic E-state index is 12.5. The van der Waals surface area contributed by atoms with Gasteiger partial charge in [-0.2, -0.15) is 0 Å². The molecule has 0 aliphatic carbocycles. The van der Waals surface area contributed by atoms with Crippen LogP contribution in [0.1, 0.15) is 22.3 Å². The topological polar surface area (TPSA) is 45.3 Å². The summed E-state index contributed by atoms with van der Waals surface area (Å²) in [6.45, 7) is 1.22. The first-order chi connectivity index (χ1) is 11.6. The number of hydrogen-bond acceptors (Lipinski definition) is 3. The molecule has 0 unspecified atom stereocenters. The second-order valence-electron chi connectivity index (χ2n) is 6.13. The van der Waals surface area contributed by atoms with Gasteiger partial charge in [-0.15, -0.1) is 0 Å². The first kappa shape index (κ1) is 16.3. The smallest absolute Gasteiger partial charge is 0.166 e. The van der Waals surface area contributed by atoms with E-state index in [0.717, 1.165) is 28.8 Å². The third-order valence-corrected chi connectivity index (χ3v) is 3.99. The predicted molar refractivity (Wildman–Crippen MR) is 96.6 cm³/mol. The number of fused-ring (bicyclic) bond motifs is 1. The minimum absolute atomic E-state index is 0.130. The highest BCUT2D eigenvalue weighted by atomic mass is 16.5. The molecule has 0 bridgehead atoms. The minimum Gasteiger partial charge on any atom is -0.488 e. The number of H-pyrrole nitrogens is 1. The molecule has 0 amide bonds. The van der Waals surface area contributed by atoms with Crippen LogP contribution in [0.2, 0.25) is 0 Å². The molecule has 124 valence electrons. The lowest BCUT2D eigenvalue weighted by Gasteiger charge is -2.10. The van der Waals surface area contributed by atoms with E-state index in [9.17, 15) is 4.79 Å². The average Bonchev–Trinajstić information content (AvgIpc) is 3.03. The lowest BCUT2D eigenvalue weighted by molar-refractivity contribution is 0.0974. The second-order valence-corrected chi connectivity index (χ2v) is 6.13. The second kappa shape index (κ2) is 7.32. The Hall–Kier alpha value is -2.59. The Bertz CT molecular complexity index is 822. The fraction of sp³-hybridized carbons (Fsp3) is 0.250. The van der Waals surface area contributed by atoms with E-state index in [4.69, 9.17) is 4.74 Å². The molecule has 0 saturated heterocycles. The van der Waals surface area contributed by atoms with Crippen LogP contribution in [-0.2, 0) is 6.61 Å². The summed E-state index contributed by atoms with van der Waals surface area (Å²) in [6.07, 6.45) is 2.28. The third kappa shape index (κ3) is 3.66. The largest absolute Gasteiger partial charge is 0.488 e. The van der Waals surface area contributed by atoms with Crippen molar-refractivity contribution in [2.75, 3.05) is 20.6 Å². The number of carbonyl (C=O) groups is 1. The third-order valence-electron chi connectivity index (χ3n) is 3.99. The summed E-state index contributed by atoms with van der Waals surface area (Å²) in [6, 6.07) is 15.8. The van der Waals surface area contributed by atoms with Gasteiger partial charge in [0.15, 0.2) is 5.78 Å². The molecule has 0 saturated carbocycles. The zero-order valence-electron chi connectivity index (χ0n) is 14.1. The van der Waals surface area contributed by atoms with Gasteiger partial charge in [-0.1, -0.05) is 36.4 Å². The van der Waals surface area contributed by atoms with Crippen molar-refractivity contribution < 1.29 is 9.53 Å². The van der Waals surface area contributed by atoms with Gasteiger partial charge in [-0.05, 0) is 31.8 Å². The van der Waals surface area contributed by atoms with Crippen molar-refractivity contribution in [3.8, 4) is 5.75 Å². The number of rotatable bonds is 7. The van der Waals surface area contributed by atoms with E-state index in [1.54, 1.807) is 6.20 Å². The quantitative estimate of drug-likeness (QED) is 0.671. The van der Waals surface area contributed by atoms with Gasteiger partial charge < -0.3 is 14.6 Å². The summed E-state index contributed by atoms with van der Waals surface area (Å²) >= 11 is 0. The normalized spacial score (nSPS) is 11.1. The zero-order chi connectivity index (χ0) is 16.9. The van der Waals surface area contributed by atoms with Gasteiger partial charge >= 0.3 is 0 Å². The van der Waals surface area contributed by atoms with Gasteiger partial charge in [0.1, 0.15) is 12.4 Å². The number of aromatic nitrogens is 1. The molecule has 0 fully saturated rings. The lowest BCUT2D eigenvalue weighted by atomic mass is 10.1. The summed E-state index contributed by atoms with van der Waals surface area (Å²) in [4.78, 5) is 17.7. The minimum atomic E-state index is 0.130. The van der Waals surface area contributed by atoms with Crippen LogP contribution in [0.15, 0.2) is 54.7 Å². The summed E-state index contributed by atoms with van der Waals surface area (Å²) in [5.41, 5.74) is 2.73. The Balaban J connectivity index is 1.85. The first-order valence-corrected chi connectivity index (χ1v) is 8.10. The maximum Gasteiger partial charge on any atom is 0.166 e. The molecule has 3 rings (SSSR count). The van der Waals surface area contributed by atoms with Crippen molar-refractivity contribution in [2.45, 2.75) is 13.0 Å². The molecule has 1 heterocycles. The molecule has 4 heteroatoms. The monoisotopic (exact) mass is 322 g/mol. The molecular formula is C20H22N2O2. The first-order valence-electron chi connectivity index (χ1n) is 8.10. The van der Waals surface area contributed by atoms with Crippen LogP contribution in [0.3, 0.4) is 0 Å². The highest BCUT2D eigenvalue weighted by Crippen LogP contribution is 2.30. The maximum atomic E-state index is 12.5. The number of nitrogens with one attached hydrogen (secondary N) is 1. The Morgan fingerprint density at radius 1 is 1.08 bits per heavy atom. The molecule has 3 aromatic rings. The van der Waals surface area contributed by atoms with Crippen molar-refractivity contribution in [3.05, 3.63) is 65.9 Å². The number of carbonyl (C=O) groups excluding carboxylic acids is 1. The van der Waals surface area contributed by atoms with E-state index < -0.39 is 0 Å². The van der Waals surface area contributed by atoms with E-state index in [0.29, 0.717) is 18.6 Å². The van der Waals surface area contributed by atoms with Crippen molar-refractivity contribution in [1.29, 1.82) is 0 Å². The fourth-order valence-corrected chi connectivity index (χ4v) is 2.69. The van der Waals surface area contributed by atoms with E-state index in [2.05, 4.69) is 4.98 Å². The average molecular weight is 322 g/mol. The van der Waals surface area contributed by atoms with Crippen LogP contribution in [0.5, 0.6) is 5.75 Å². The van der Waals surface area contributed by atoms with E-state index >= 15 is 0 Å². The van der Waals surface area contributed by atoms with Crippen LogP contribution < -0.4 is 4.74 Å². The van der Waals surface area contributed by atoms with Gasteiger partial charge in [0.2, 0.25) is 0 Å².